The largest absolute Gasteiger partial charge is 0.481 e. The summed E-state index contributed by atoms with van der Waals surface area (Å²) in [6.45, 7) is 3.94. The van der Waals surface area contributed by atoms with Crippen molar-refractivity contribution >= 4 is 51.9 Å². The number of carboxylic acids is 1. The van der Waals surface area contributed by atoms with E-state index in [1.54, 1.807) is 11.1 Å². The van der Waals surface area contributed by atoms with Gasteiger partial charge in [0.05, 0.1) is 33.4 Å². The van der Waals surface area contributed by atoms with Crippen LogP contribution in [0, 0.1) is 18.8 Å². The molecule has 4 rings (SSSR count). The monoisotopic (exact) mass is 532 g/mol. The quantitative estimate of drug-likeness (QED) is 0.344. The molecule has 2 saturated carbocycles. The first-order valence-electron chi connectivity index (χ1n) is 12.5. The van der Waals surface area contributed by atoms with Crippen molar-refractivity contribution in [2.24, 2.45) is 11.8 Å². The molecule has 194 valence electrons. The van der Waals surface area contributed by atoms with E-state index in [0.717, 1.165) is 48.4 Å². The minimum Gasteiger partial charge on any atom is -0.481 e. The lowest BCUT2D eigenvalue weighted by Gasteiger charge is -2.36. The summed E-state index contributed by atoms with van der Waals surface area (Å²) in [6.07, 6.45) is 8.24. The van der Waals surface area contributed by atoms with E-state index in [0.29, 0.717) is 35.2 Å². The van der Waals surface area contributed by atoms with Crippen LogP contribution in [0.15, 0.2) is 24.4 Å². The van der Waals surface area contributed by atoms with Gasteiger partial charge in [0, 0.05) is 17.1 Å². The zero-order valence-corrected chi connectivity index (χ0v) is 22.1. The fourth-order valence-electron chi connectivity index (χ4n) is 5.09. The lowest BCUT2D eigenvalue weighted by molar-refractivity contribution is -0.146. The van der Waals surface area contributed by atoms with E-state index in [9.17, 15) is 14.4 Å². The smallest absolute Gasteiger partial charge is 0.306 e. The second-order valence-corrected chi connectivity index (χ2v) is 11.5. The highest BCUT2D eigenvalue weighted by Crippen LogP contribution is 2.36. The Labute approximate surface area is 220 Å². The molecule has 0 aromatic carbocycles. The van der Waals surface area contributed by atoms with Gasteiger partial charge >= 0.3 is 5.97 Å². The van der Waals surface area contributed by atoms with Crippen LogP contribution >= 0.6 is 22.9 Å². The van der Waals surface area contributed by atoms with E-state index >= 15 is 0 Å². The number of aromatic nitrogens is 1. The van der Waals surface area contributed by atoms with Crippen molar-refractivity contribution in [1.82, 2.24) is 10.3 Å². The number of rotatable bonds is 11. The normalized spacial score (nSPS) is 21.3. The Morgan fingerprint density at radius 1 is 1.31 bits per heavy atom. The van der Waals surface area contributed by atoms with Crippen molar-refractivity contribution in [3.63, 3.8) is 0 Å². The Kier molecular flexibility index (Phi) is 8.51. The lowest BCUT2D eigenvalue weighted by atomic mass is 9.80. The summed E-state index contributed by atoms with van der Waals surface area (Å²) in [7, 11) is 0. The second kappa shape index (κ2) is 11.6. The van der Waals surface area contributed by atoms with Gasteiger partial charge in [0.15, 0.2) is 0 Å². The van der Waals surface area contributed by atoms with E-state index < -0.39 is 17.9 Å². The summed E-state index contributed by atoms with van der Waals surface area (Å²) in [5.41, 5.74) is 1.68. The molecule has 2 aromatic rings. The van der Waals surface area contributed by atoms with E-state index in [-0.39, 0.29) is 18.0 Å². The first kappa shape index (κ1) is 26.4. The third kappa shape index (κ3) is 6.18. The molecule has 2 atom stereocenters. The number of pyridine rings is 1. The van der Waals surface area contributed by atoms with Gasteiger partial charge in [-0.1, -0.05) is 37.3 Å². The molecule has 0 spiro atoms. The lowest BCUT2D eigenvalue weighted by Crippen LogP contribution is -2.54. The van der Waals surface area contributed by atoms with Crippen molar-refractivity contribution in [1.29, 1.82) is 0 Å². The molecule has 0 saturated heterocycles. The molecule has 0 aliphatic heterocycles. The number of hydrogen-bond donors (Lipinski definition) is 3. The standard InChI is InChI=1S/C26H33ClN4O4S/c1-15-21(12-19(27)13-28-15)29-16(2)23-7-8-24(36-23)31(14-32)22(9-17-5-3-4-6-17)25(33)30-20-10-18(11-20)26(34)35/h7-8,12-14,16-18,20,22,29H,3-6,9-11H2,1-2H3,(H,30,33)(H,34,35)/t16-,18?,20?,22-/m0/s1. The van der Waals surface area contributed by atoms with Crippen LogP contribution < -0.4 is 15.5 Å². The zero-order valence-electron chi connectivity index (χ0n) is 20.6. The molecule has 2 aliphatic rings. The third-order valence-corrected chi connectivity index (χ3v) is 8.82. The second-order valence-electron chi connectivity index (χ2n) is 9.96. The Morgan fingerprint density at radius 2 is 2.03 bits per heavy atom. The minimum atomic E-state index is -0.824. The average molecular weight is 533 g/mol. The third-order valence-electron chi connectivity index (χ3n) is 7.34. The molecule has 2 amide bonds. The van der Waals surface area contributed by atoms with E-state index in [1.165, 1.54) is 11.3 Å². The Bertz CT molecular complexity index is 1100. The first-order chi connectivity index (χ1) is 17.2. The molecule has 36 heavy (non-hydrogen) atoms. The fourth-order valence-corrected chi connectivity index (χ4v) is 6.28. The number of aliphatic carboxylic acids is 1. The SMILES string of the molecule is Cc1ncc(Cl)cc1N[C@@H](C)c1ccc(N(C=O)[C@@H](CC2CCCC2)C(=O)NC2CC(C(=O)O)C2)s1. The summed E-state index contributed by atoms with van der Waals surface area (Å²) >= 11 is 7.58. The van der Waals surface area contributed by atoms with Crippen LogP contribution in [0.2, 0.25) is 5.02 Å². The molecule has 0 radical (unpaired) electrons. The summed E-state index contributed by atoms with van der Waals surface area (Å²) in [5, 5.41) is 16.8. The molecule has 2 heterocycles. The maximum Gasteiger partial charge on any atom is 0.306 e. The van der Waals surface area contributed by atoms with Crippen molar-refractivity contribution < 1.29 is 19.5 Å². The molecule has 0 bridgehead atoms. The summed E-state index contributed by atoms with van der Waals surface area (Å²) in [6, 6.07) is 4.86. The van der Waals surface area contributed by atoms with Gasteiger partial charge in [-0.25, -0.2) is 0 Å². The number of aryl methyl sites for hydroxylation is 1. The maximum atomic E-state index is 13.3. The van der Waals surface area contributed by atoms with Crippen LogP contribution in [0.3, 0.4) is 0 Å². The van der Waals surface area contributed by atoms with E-state index in [2.05, 4.69) is 15.6 Å². The number of carboxylic acid groups (broad SMARTS) is 1. The Balaban J connectivity index is 1.48. The van der Waals surface area contributed by atoms with Gasteiger partial charge in [-0.15, -0.1) is 11.3 Å². The average Bonchev–Trinajstić information content (AvgIpc) is 3.50. The highest BCUT2D eigenvalue weighted by molar-refractivity contribution is 7.16. The molecular formula is C26H33ClN4O4S. The maximum absolute atomic E-state index is 13.3. The van der Waals surface area contributed by atoms with Gasteiger partial charge < -0.3 is 15.7 Å². The number of nitrogens with zero attached hydrogens (tertiary/aromatic N) is 2. The number of thiophene rings is 1. The molecule has 2 fully saturated rings. The molecule has 3 N–H and O–H groups in total. The van der Waals surface area contributed by atoms with Crippen LogP contribution in [0.4, 0.5) is 10.7 Å². The summed E-state index contributed by atoms with van der Waals surface area (Å²) < 4.78 is 0. The van der Waals surface area contributed by atoms with Crippen molar-refractivity contribution in [2.45, 2.75) is 76.9 Å². The Hall–Kier alpha value is -2.65. The number of hydrogen-bond acceptors (Lipinski definition) is 6. The van der Waals surface area contributed by atoms with Crippen LogP contribution in [0.25, 0.3) is 0 Å². The molecular weight excluding hydrogens is 500 g/mol. The zero-order chi connectivity index (χ0) is 25.8. The highest BCUT2D eigenvalue weighted by Gasteiger charge is 2.38. The topological polar surface area (TPSA) is 112 Å². The first-order valence-corrected chi connectivity index (χ1v) is 13.7. The number of nitrogens with one attached hydrogen (secondary N) is 2. The Morgan fingerprint density at radius 3 is 2.69 bits per heavy atom. The van der Waals surface area contributed by atoms with Crippen molar-refractivity contribution in [3.05, 3.63) is 40.0 Å². The van der Waals surface area contributed by atoms with Crippen molar-refractivity contribution in [2.75, 3.05) is 10.2 Å². The summed E-state index contributed by atoms with van der Waals surface area (Å²) in [5.74, 6) is -1.03. The molecule has 8 nitrogen and oxygen atoms in total. The van der Waals surface area contributed by atoms with Gasteiger partial charge in [-0.3, -0.25) is 24.3 Å². The van der Waals surface area contributed by atoms with Crippen LogP contribution in [-0.2, 0) is 14.4 Å². The predicted octanol–water partition coefficient (Wildman–Crippen LogP) is 5.17. The minimum absolute atomic E-state index is 0.0544. The van der Waals surface area contributed by atoms with Crippen LogP contribution in [-0.4, -0.2) is 40.5 Å². The molecule has 2 aliphatic carbocycles. The van der Waals surface area contributed by atoms with Crippen LogP contribution in [0.1, 0.15) is 68.5 Å². The van der Waals surface area contributed by atoms with Gasteiger partial charge in [0.2, 0.25) is 12.3 Å². The molecule has 10 heteroatoms. The molecule has 2 aromatic heterocycles. The molecule has 0 unspecified atom stereocenters. The number of amides is 2. The van der Waals surface area contributed by atoms with Crippen LogP contribution in [0.5, 0.6) is 0 Å². The predicted molar refractivity (Wildman–Crippen MR) is 142 cm³/mol. The summed E-state index contributed by atoms with van der Waals surface area (Å²) in [4.78, 5) is 43.7. The fraction of sp³-hybridized carbons (Fsp3) is 0.538. The highest BCUT2D eigenvalue weighted by atomic mass is 35.5. The van der Waals surface area contributed by atoms with E-state index in [1.807, 2.05) is 32.0 Å². The van der Waals surface area contributed by atoms with Gasteiger partial charge in [-0.2, -0.15) is 0 Å². The number of carbonyl (C=O) groups is 3. The van der Waals surface area contributed by atoms with Gasteiger partial charge in [0.25, 0.3) is 0 Å². The number of carbonyl (C=O) groups excluding carboxylic acids is 2. The van der Waals surface area contributed by atoms with Crippen molar-refractivity contribution in [3.8, 4) is 0 Å². The number of halogens is 1. The van der Waals surface area contributed by atoms with Gasteiger partial charge in [-0.05, 0) is 57.2 Å². The number of anilines is 2. The van der Waals surface area contributed by atoms with E-state index in [4.69, 9.17) is 16.7 Å². The van der Waals surface area contributed by atoms with Gasteiger partial charge in [0.1, 0.15) is 6.04 Å².